The average Bonchev–Trinajstić information content (AvgIpc) is 2.98. The van der Waals surface area contributed by atoms with Crippen molar-refractivity contribution in [2.45, 2.75) is 50.8 Å². The van der Waals surface area contributed by atoms with Crippen LogP contribution in [0, 0.1) is 6.92 Å². The summed E-state index contributed by atoms with van der Waals surface area (Å²) in [5.74, 6) is 0.929. The molecule has 4 nitrogen and oxygen atoms in total. The van der Waals surface area contributed by atoms with Gasteiger partial charge >= 0.3 is 0 Å². The molecule has 0 bridgehead atoms. The molecule has 1 aromatic rings. The predicted molar refractivity (Wildman–Crippen MR) is 123 cm³/mol. The molecule has 1 atom stereocenters. The fourth-order valence-electron chi connectivity index (χ4n) is 2.89. The van der Waals surface area contributed by atoms with Gasteiger partial charge in [-0.05, 0) is 52.0 Å². The fraction of sp³-hybridized carbons (Fsp3) is 0.722. The smallest absolute Gasteiger partial charge is 0.191 e. The molecular weight excluding hydrogens is 465 g/mol. The first-order valence-electron chi connectivity index (χ1n) is 8.80. The Labute approximate surface area is 178 Å². The monoisotopic (exact) mass is 497 g/mol. The van der Waals surface area contributed by atoms with E-state index in [0.717, 1.165) is 51.5 Å². The van der Waals surface area contributed by atoms with Gasteiger partial charge in [-0.3, -0.25) is 4.99 Å². The molecule has 1 saturated heterocycles. The van der Waals surface area contributed by atoms with Crippen LogP contribution in [0.5, 0.6) is 0 Å². The van der Waals surface area contributed by atoms with Crippen molar-refractivity contribution in [2.75, 3.05) is 32.6 Å². The highest BCUT2D eigenvalue weighted by molar-refractivity contribution is 14.0. The highest BCUT2D eigenvalue weighted by Gasteiger charge is 2.31. The Hall–Kier alpha value is 0.01000. The minimum absolute atomic E-state index is 0. The molecule has 0 saturated carbocycles. The minimum Gasteiger partial charge on any atom is -0.381 e. The second-order valence-electron chi connectivity index (χ2n) is 6.46. The number of thiophene rings is 1. The SMILES string of the molecule is CCNC(=NCC1(SC)CCOCC1)NC(C)Cc1ccc(C)s1.I. The van der Waals surface area contributed by atoms with E-state index in [9.17, 15) is 0 Å². The van der Waals surface area contributed by atoms with Gasteiger partial charge in [0.25, 0.3) is 0 Å². The average molecular weight is 498 g/mol. The number of halogens is 1. The van der Waals surface area contributed by atoms with Crippen LogP contribution in [0.4, 0.5) is 0 Å². The third kappa shape index (κ3) is 7.64. The summed E-state index contributed by atoms with van der Waals surface area (Å²) in [5, 5.41) is 6.95. The summed E-state index contributed by atoms with van der Waals surface area (Å²) in [5.41, 5.74) is 0. The van der Waals surface area contributed by atoms with E-state index < -0.39 is 0 Å². The molecule has 7 heteroatoms. The maximum atomic E-state index is 5.52. The summed E-state index contributed by atoms with van der Waals surface area (Å²) in [6.45, 7) is 9.93. The zero-order valence-electron chi connectivity index (χ0n) is 15.8. The van der Waals surface area contributed by atoms with Crippen LogP contribution in [0.15, 0.2) is 17.1 Å². The molecule has 1 aliphatic rings. The first kappa shape index (κ1) is 23.0. The largest absolute Gasteiger partial charge is 0.381 e. The first-order valence-corrected chi connectivity index (χ1v) is 10.8. The Morgan fingerprint density at radius 3 is 2.68 bits per heavy atom. The van der Waals surface area contributed by atoms with Gasteiger partial charge in [0.15, 0.2) is 5.96 Å². The van der Waals surface area contributed by atoms with Crippen molar-refractivity contribution < 1.29 is 4.74 Å². The fourth-order valence-corrected chi connectivity index (χ4v) is 4.68. The van der Waals surface area contributed by atoms with Crippen molar-refractivity contribution in [3.8, 4) is 0 Å². The molecule has 0 amide bonds. The van der Waals surface area contributed by atoms with Gasteiger partial charge < -0.3 is 15.4 Å². The number of thioether (sulfide) groups is 1. The molecule has 1 unspecified atom stereocenters. The van der Waals surface area contributed by atoms with Crippen LogP contribution in [-0.2, 0) is 11.2 Å². The molecule has 0 aliphatic carbocycles. The van der Waals surface area contributed by atoms with E-state index in [1.165, 1.54) is 9.75 Å². The summed E-state index contributed by atoms with van der Waals surface area (Å²) in [4.78, 5) is 7.69. The summed E-state index contributed by atoms with van der Waals surface area (Å²) < 4.78 is 5.75. The third-order valence-corrected chi connectivity index (χ3v) is 6.82. The summed E-state index contributed by atoms with van der Waals surface area (Å²) in [6.07, 6.45) is 5.40. The van der Waals surface area contributed by atoms with Gasteiger partial charge in [0, 0.05) is 46.7 Å². The summed E-state index contributed by atoms with van der Waals surface area (Å²) in [6, 6.07) is 4.78. The van der Waals surface area contributed by atoms with E-state index in [0.29, 0.717) is 6.04 Å². The number of nitrogens with zero attached hydrogens (tertiary/aromatic N) is 1. The lowest BCUT2D eigenvalue weighted by atomic mass is 9.99. The zero-order valence-corrected chi connectivity index (χ0v) is 19.7. The number of hydrogen-bond donors (Lipinski definition) is 2. The maximum absolute atomic E-state index is 5.52. The lowest BCUT2D eigenvalue weighted by molar-refractivity contribution is 0.0794. The van der Waals surface area contributed by atoms with Gasteiger partial charge in [0.2, 0.25) is 0 Å². The highest BCUT2D eigenvalue weighted by atomic mass is 127. The molecule has 1 fully saturated rings. The summed E-state index contributed by atoms with van der Waals surface area (Å²) in [7, 11) is 0. The van der Waals surface area contributed by atoms with Gasteiger partial charge in [0.1, 0.15) is 0 Å². The van der Waals surface area contributed by atoms with Gasteiger partial charge in [-0.15, -0.1) is 35.3 Å². The van der Waals surface area contributed by atoms with Crippen LogP contribution >= 0.6 is 47.1 Å². The molecule has 2 rings (SSSR count). The van der Waals surface area contributed by atoms with Gasteiger partial charge in [-0.2, -0.15) is 11.8 Å². The second kappa shape index (κ2) is 11.7. The molecule has 0 aromatic carbocycles. The first-order chi connectivity index (χ1) is 11.6. The highest BCUT2D eigenvalue weighted by Crippen LogP contribution is 2.33. The van der Waals surface area contributed by atoms with Crippen LogP contribution in [0.25, 0.3) is 0 Å². The number of rotatable bonds is 7. The molecule has 0 spiro atoms. The van der Waals surface area contributed by atoms with Gasteiger partial charge in [-0.1, -0.05) is 0 Å². The molecule has 2 heterocycles. The van der Waals surface area contributed by atoms with Crippen molar-refractivity contribution in [1.82, 2.24) is 10.6 Å². The number of hydrogen-bond acceptors (Lipinski definition) is 4. The van der Waals surface area contributed by atoms with E-state index in [-0.39, 0.29) is 28.7 Å². The quantitative estimate of drug-likeness (QED) is 0.339. The van der Waals surface area contributed by atoms with E-state index in [1.54, 1.807) is 0 Å². The number of guanidine groups is 1. The van der Waals surface area contributed by atoms with Crippen molar-refractivity contribution in [3.63, 3.8) is 0 Å². The van der Waals surface area contributed by atoms with Crippen LogP contribution in [0.2, 0.25) is 0 Å². The number of aliphatic imine (C=N–C) groups is 1. The van der Waals surface area contributed by atoms with Gasteiger partial charge in [-0.25, -0.2) is 0 Å². The van der Waals surface area contributed by atoms with Crippen molar-refractivity contribution >= 4 is 53.0 Å². The Kier molecular flexibility index (Phi) is 10.8. The second-order valence-corrected chi connectivity index (χ2v) is 9.10. The molecular formula is C18H32IN3OS2. The van der Waals surface area contributed by atoms with Gasteiger partial charge in [0.05, 0.1) is 6.54 Å². The number of aryl methyl sites for hydroxylation is 1. The standard InChI is InChI=1S/C18H31N3OS2.HI/c1-5-19-17(20-13-18(23-4)8-10-22-11-9-18)21-14(2)12-16-7-6-15(3)24-16;/h6-7,14H,5,8-13H2,1-4H3,(H2,19,20,21);1H. The van der Waals surface area contributed by atoms with Crippen LogP contribution < -0.4 is 10.6 Å². The Morgan fingerprint density at radius 1 is 1.40 bits per heavy atom. The molecule has 25 heavy (non-hydrogen) atoms. The van der Waals surface area contributed by atoms with Crippen LogP contribution in [0.1, 0.15) is 36.4 Å². The van der Waals surface area contributed by atoms with Crippen LogP contribution in [-0.4, -0.2) is 49.3 Å². The molecule has 0 radical (unpaired) electrons. The number of ether oxygens (including phenoxy) is 1. The van der Waals surface area contributed by atoms with E-state index >= 15 is 0 Å². The van der Waals surface area contributed by atoms with E-state index in [2.05, 4.69) is 49.8 Å². The predicted octanol–water partition coefficient (Wildman–Crippen LogP) is 4.07. The molecule has 2 N–H and O–H groups in total. The van der Waals surface area contributed by atoms with E-state index in [4.69, 9.17) is 9.73 Å². The molecule has 144 valence electrons. The normalized spacial score (nSPS) is 18.3. The van der Waals surface area contributed by atoms with Crippen molar-refractivity contribution in [2.24, 2.45) is 4.99 Å². The van der Waals surface area contributed by atoms with E-state index in [1.807, 2.05) is 23.1 Å². The Bertz CT molecular complexity index is 530. The maximum Gasteiger partial charge on any atom is 0.191 e. The Balaban J connectivity index is 0.00000312. The molecule has 1 aromatic heterocycles. The summed E-state index contributed by atoms with van der Waals surface area (Å²) >= 11 is 3.81. The molecule has 1 aliphatic heterocycles. The topological polar surface area (TPSA) is 45.7 Å². The lowest BCUT2D eigenvalue weighted by Gasteiger charge is -2.34. The number of nitrogens with one attached hydrogen (secondary N) is 2. The zero-order chi connectivity index (χ0) is 17.4. The Morgan fingerprint density at radius 2 is 2.12 bits per heavy atom. The van der Waals surface area contributed by atoms with Crippen LogP contribution in [0.3, 0.4) is 0 Å². The van der Waals surface area contributed by atoms with Crippen molar-refractivity contribution in [1.29, 1.82) is 0 Å². The lowest BCUT2D eigenvalue weighted by Crippen LogP contribution is -2.44. The third-order valence-electron chi connectivity index (χ3n) is 4.39. The van der Waals surface area contributed by atoms with Crippen molar-refractivity contribution in [3.05, 3.63) is 21.9 Å². The minimum atomic E-state index is 0.